The van der Waals surface area contributed by atoms with Gasteiger partial charge in [0, 0.05) is 22.8 Å². The number of hydrogen-bond acceptors (Lipinski definition) is 2. The standard InChI is InChI=1S/C27H34NOP/c1-6-27(5,30-25-15-11-10-14-22(25)19-28-26(2,3)4)23-18-21(16-17-24(23)29)20-12-8-7-9-13-20/h7-18,28-30H,6,19H2,1-5H3. The van der Waals surface area contributed by atoms with E-state index >= 15 is 0 Å². The Morgan fingerprint density at radius 1 is 0.833 bits per heavy atom. The summed E-state index contributed by atoms with van der Waals surface area (Å²) in [5.74, 6) is 0.386. The molecule has 0 spiro atoms. The van der Waals surface area contributed by atoms with Gasteiger partial charge in [-0.2, -0.15) is 0 Å². The molecule has 3 aromatic rings. The molecule has 0 saturated carbocycles. The van der Waals surface area contributed by atoms with E-state index in [1.54, 1.807) is 0 Å². The summed E-state index contributed by atoms with van der Waals surface area (Å²) < 4.78 is 0. The third-order valence-electron chi connectivity index (χ3n) is 5.64. The lowest BCUT2D eigenvalue weighted by Crippen LogP contribution is -2.36. The summed E-state index contributed by atoms with van der Waals surface area (Å²) in [6.07, 6.45) is 0.957. The van der Waals surface area contributed by atoms with Crippen LogP contribution < -0.4 is 10.6 Å². The molecule has 0 aliphatic rings. The van der Waals surface area contributed by atoms with Crippen LogP contribution in [0.1, 0.15) is 52.2 Å². The molecule has 2 N–H and O–H groups in total. The van der Waals surface area contributed by atoms with Crippen molar-refractivity contribution < 1.29 is 5.11 Å². The van der Waals surface area contributed by atoms with Crippen LogP contribution in [0.2, 0.25) is 0 Å². The first kappa shape index (κ1) is 22.5. The molecule has 0 aliphatic heterocycles. The molecule has 0 bridgehead atoms. The highest BCUT2D eigenvalue weighted by Gasteiger charge is 2.29. The summed E-state index contributed by atoms with van der Waals surface area (Å²) >= 11 is 0. The minimum atomic E-state index is -0.132. The van der Waals surface area contributed by atoms with E-state index < -0.39 is 0 Å². The number of hydrogen-bond donors (Lipinski definition) is 2. The predicted molar refractivity (Wildman–Crippen MR) is 132 cm³/mol. The minimum Gasteiger partial charge on any atom is -0.508 e. The van der Waals surface area contributed by atoms with Gasteiger partial charge in [-0.3, -0.25) is 0 Å². The van der Waals surface area contributed by atoms with Gasteiger partial charge in [0.1, 0.15) is 5.75 Å². The van der Waals surface area contributed by atoms with Crippen molar-refractivity contribution in [3.8, 4) is 16.9 Å². The van der Waals surface area contributed by atoms with Crippen molar-refractivity contribution >= 4 is 13.9 Å². The maximum Gasteiger partial charge on any atom is 0.119 e. The molecule has 0 aromatic heterocycles. The third-order valence-corrected chi connectivity index (χ3v) is 7.57. The number of phenols is 1. The molecule has 0 heterocycles. The molecule has 3 rings (SSSR count). The molecule has 0 radical (unpaired) electrons. The van der Waals surface area contributed by atoms with Crippen LogP contribution in [0.25, 0.3) is 11.1 Å². The van der Waals surface area contributed by atoms with Crippen LogP contribution >= 0.6 is 8.58 Å². The Hall–Kier alpha value is -2.15. The van der Waals surface area contributed by atoms with E-state index in [4.69, 9.17) is 0 Å². The third kappa shape index (κ3) is 5.50. The Morgan fingerprint density at radius 3 is 2.17 bits per heavy atom. The molecule has 0 aliphatic carbocycles. The van der Waals surface area contributed by atoms with E-state index in [2.05, 4.69) is 94.5 Å². The highest BCUT2D eigenvalue weighted by Crippen LogP contribution is 2.48. The van der Waals surface area contributed by atoms with Crippen LogP contribution in [0.15, 0.2) is 72.8 Å². The lowest BCUT2D eigenvalue weighted by atomic mass is 9.93. The van der Waals surface area contributed by atoms with Crippen LogP contribution in [-0.2, 0) is 11.7 Å². The van der Waals surface area contributed by atoms with Gasteiger partial charge in [0.05, 0.1) is 0 Å². The van der Waals surface area contributed by atoms with Crippen molar-refractivity contribution in [2.24, 2.45) is 0 Å². The van der Waals surface area contributed by atoms with Gasteiger partial charge in [0.2, 0.25) is 0 Å². The molecule has 2 nitrogen and oxygen atoms in total. The second-order valence-electron chi connectivity index (χ2n) is 9.17. The smallest absolute Gasteiger partial charge is 0.119 e. The van der Waals surface area contributed by atoms with Crippen molar-refractivity contribution in [3.63, 3.8) is 0 Å². The summed E-state index contributed by atoms with van der Waals surface area (Å²) in [6, 6.07) is 25.1. The van der Waals surface area contributed by atoms with Crippen molar-refractivity contribution in [2.75, 3.05) is 0 Å². The summed E-state index contributed by atoms with van der Waals surface area (Å²) in [7, 11) is 0.568. The first-order chi connectivity index (χ1) is 14.2. The average Bonchev–Trinajstić information content (AvgIpc) is 2.73. The Balaban J connectivity index is 1.96. The van der Waals surface area contributed by atoms with Crippen LogP contribution in [0.3, 0.4) is 0 Å². The van der Waals surface area contributed by atoms with E-state index in [0.717, 1.165) is 24.1 Å². The zero-order valence-electron chi connectivity index (χ0n) is 18.8. The highest BCUT2D eigenvalue weighted by atomic mass is 31.1. The maximum absolute atomic E-state index is 10.8. The number of aromatic hydroxyl groups is 1. The number of phenolic OH excluding ortho intramolecular Hbond substituents is 1. The molecule has 3 aromatic carbocycles. The van der Waals surface area contributed by atoms with E-state index in [1.807, 2.05) is 18.2 Å². The zero-order valence-corrected chi connectivity index (χ0v) is 19.8. The Kier molecular flexibility index (Phi) is 7.01. The molecule has 0 amide bonds. The number of benzene rings is 3. The van der Waals surface area contributed by atoms with Gasteiger partial charge in [-0.05, 0) is 61.3 Å². The van der Waals surface area contributed by atoms with E-state index in [9.17, 15) is 5.11 Å². The summed E-state index contributed by atoms with van der Waals surface area (Å²) in [6.45, 7) is 11.9. The fourth-order valence-electron chi connectivity index (χ4n) is 3.59. The van der Waals surface area contributed by atoms with Gasteiger partial charge < -0.3 is 10.4 Å². The number of rotatable bonds is 7. The molecule has 30 heavy (non-hydrogen) atoms. The molecular formula is C27H34NOP. The Bertz CT molecular complexity index is 978. The molecule has 2 unspecified atom stereocenters. The minimum absolute atomic E-state index is 0.0760. The van der Waals surface area contributed by atoms with Crippen molar-refractivity contribution in [1.82, 2.24) is 5.32 Å². The number of nitrogens with one attached hydrogen (secondary N) is 1. The van der Waals surface area contributed by atoms with Crippen molar-refractivity contribution in [3.05, 3.63) is 83.9 Å². The maximum atomic E-state index is 10.8. The molecular weight excluding hydrogens is 385 g/mol. The lowest BCUT2D eigenvalue weighted by molar-refractivity contribution is 0.425. The van der Waals surface area contributed by atoms with Crippen LogP contribution in [0.4, 0.5) is 0 Å². The normalized spacial score (nSPS) is 14.2. The van der Waals surface area contributed by atoms with Gasteiger partial charge in [0.15, 0.2) is 0 Å². The fraction of sp³-hybridized carbons (Fsp3) is 0.333. The molecule has 3 heteroatoms. The van der Waals surface area contributed by atoms with E-state index in [0.29, 0.717) is 14.3 Å². The second-order valence-corrected chi connectivity index (χ2v) is 11.1. The van der Waals surface area contributed by atoms with Gasteiger partial charge in [0.25, 0.3) is 0 Å². The Morgan fingerprint density at radius 2 is 1.50 bits per heavy atom. The first-order valence-electron chi connectivity index (χ1n) is 10.7. The average molecular weight is 420 g/mol. The van der Waals surface area contributed by atoms with Gasteiger partial charge >= 0.3 is 0 Å². The van der Waals surface area contributed by atoms with Gasteiger partial charge in [-0.25, -0.2) is 0 Å². The van der Waals surface area contributed by atoms with Crippen LogP contribution in [0, 0.1) is 0 Å². The quantitative estimate of drug-likeness (QED) is 0.424. The van der Waals surface area contributed by atoms with E-state index in [1.165, 1.54) is 16.4 Å². The summed E-state index contributed by atoms with van der Waals surface area (Å²) in [5, 5.41) is 15.6. The van der Waals surface area contributed by atoms with Crippen LogP contribution in [-0.4, -0.2) is 10.6 Å². The van der Waals surface area contributed by atoms with Crippen molar-refractivity contribution in [1.29, 1.82) is 0 Å². The van der Waals surface area contributed by atoms with Crippen molar-refractivity contribution in [2.45, 2.75) is 58.3 Å². The monoisotopic (exact) mass is 419 g/mol. The topological polar surface area (TPSA) is 32.3 Å². The molecule has 158 valence electrons. The second kappa shape index (κ2) is 9.33. The summed E-state index contributed by atoms with van der Waals surface area (Å²) in [5.41, 5.74) is 4.77. The SMILES string of the molecule is CCC(C)(Pc1ccccc1CNC(C)(C)C)c1cc(-c2ccccc2)ccc1O. The molecule has 2 atom stereocenters. The lowest BCUT2D eigenvalue weighted by Gasteiger charge is -2.31. The van der Waals surface area contributed by atoms with Gasteiger partial charge in [-0.1, -0.05) is 83.1 Å². The summed E-state index contributed by atoms with van der Waals surface area (Å²) in [4.78, 5) is 0. The largest absolute Gasteiger partial charge is 0.508 e. The fourth-order valence-corrected chi connectivity index (χ4v) is 5.21. The molecule has 0 fully saturated rings. The predicted octanol–water partition coefficient (Wildman–Crippen LogP) is 6.58. The molecule has 0 saturated heterocycles. The first-order valence-corrected chi connectivity index (χ1v) is 11.7. The van der Waals surface area contributed by atoms with E-state index in [-0.39, 0.29) is 10.7 Å². The zero-order chi connectivity index (χ0) is 21.8. The van der Waals surface area contributed by atoms with Gasteiger partial charge in [-0.15, -0.1) is 0 Å². The van der Waals surface area contributed by atoms with Crippen LogP contribution in [0.5, 0.6) is 5.75 Å². The highest BCUT2D eigenvalue weighted by molar-refractivity contribution is 7.48. The Labute approximate surface area is 183 Å².